The van der Waals surface area contributed by atoms with Gasteiger partial charge >= 0.3 is 0 Å². The number of hydrogen-bond acceptors (Lipinski definition) is 3. The molecule has 0 saturated carbocycles. The Balaban J connectivity index is 0.839. The summed E-state index contributed by atoms with van der Waals surface area (Å²) in [6, 6.07) is 75.8. The van der Waals surface area contributed by atoms with Gasteiger partial charge in [0.15, 0.2) is 0 Å². The Kier molecular flexibility index (Phi) is 9.01. The molecule has 0 fully saturated rings. The molecule has 1 unspecified atom stereocenters. The molecule has 9 aromatic carbocycles. The highest BCUT2D eigenvalue weighted by Gasteiger charge is 2.27. The first kappa shape index (κ1) is 37.6. The predicted octanol–water partition coefficient (Wildman–Crippen LogP) is 17.3. The van der Waals surface area contributed by atoms with Crippen molar-refractivity contribution in [3.05, 3.63) is 242 Å². The maximum absolute atomic E-state index is 6.40. The van der Waals surface area contributed by atoms with Crippen LogP contribution in [-0.2, 0) is 5.41 Å². The zero-order valence-corrected chi connectivity index (χ0v) is 35.4. The van der Waals surface area contributed by atoms with Gasteiger partial charge in [-0.1, -0.05) is 189 Å². The number of rotatable bonds is 8. The van der Waals surface area contributed by atoms with Crippen LogP contribution in [0.15, 0.2) is 239 Å². The Morgan fingerprint density at radius 2 is 0.828 bits per heavy atom. The summed E-state index contributed by atoms with van der Waals surface area (Å²) in [6.07, 6.45) is 7.89. The highest BCUT2D eigenvalue weighted by molar-refractivity contribution is 6.10. The van der Waals surface area contributed by atoms with E-state index in [1.54, 1.807) is 0 Å². The van der Waals surface area contributed by atoms with Crippen molar-refractivity contribution in [2.45, 2.75) is 18.8 Å². The lowest BCUT2D eigenvalue weighted by molar-refractivity contribution is 0.601. The molecule has 0 spiro atoms. The van der Waals surface area contributed by atoms with Gasteiger partial charge in [0, 0.05) is 55.1 Å². The molecule has 0 radical (unpaired) electrons. The van der Waals surface area contributed by atoms with Crippen LogP contribution in [0, 0.1) is 0 Å². The molecule has 2 heterocycles. The van der Waals surface area contributed by atoms with Gasteiger partial charge in [-0.15, -0.1) is 0 Å². The number of benzene rings is 9. The van der Waals surface area contributed by atoms with E-state index in [2.05, 4.69) is 218 Å². The van der Waals surface area contributed by atoms with Gasteiger partial charge in [0.1, 0.15) is 22.3 Å². The fourth-order valence-electron chi connectivity index (χ4n) is 9.61. The predicted molar refractivity (Wildman–Crippen MR) is 268 cm³/mol. The summed E-state index contributed by atoms with van der Waals surface area (Å²) in [7, 11) is 0. The van der Waals surface area contributed by atoms with Crippen LogP contribution in [0.2, 0.25) is 0 Å². The second-order valence-electron chi connectivity index (χ2n) is 17.1. The molecular formula is C61H43NO2. The van der Waals surface area contributed by atoms with Gasteiger partial charge in [-0.3, -0.25) is 0 Å². The third-order valence-corrected chi connectivity index (χ3v) is 13.2. The quantitative estimate of drug-likeness (QED) is 0.153. The Labute approximate surface area is 372 Å². The van der Waals surface area contributed by atoms with Crippen LogP contribution < -0.4 is 4.90 Å². The van der Waals surface area contributed by atoms with Crippen LogP contribution in [0.25, 0.3) is 82.8 Å². The molecule has 1 aliphatic carbocycles. The standard InChI is InChI=1S/C61H43NO2/c1-61(39-37-46(38-40-61)52-16-10-18-56-54-14-6-8-20-58(54)64-60(52)56)47-29-35-50(36-30-47)62(48-31-25-43(26-32-48)41-11-3-2-4-12-41)49-33-27-44(28-34-49)42-21-23-45(24-22-42)51-15-9-17-55-53-13-5-7-19-57(53)63-59(51)55/h2-39H,40H2,1H3. The summed E-state index contributed by atoms with van der Waals surface area (Å²) < 4.78 is 12.8. The monoisotopic (exact) mass is 821 g/mol. The molecular weight excluding hydrogens is 779 g/mol. The molecule has 304 valence electrons. The molecule has 1 atom stereocenters. The highest BCUT2D eigenvalue weighted by Crippen LogP contribution is 2.43. The van der Waals surface area contributed by atoms with Crippen LogP contribution >= 0.6 is 0 Å². The van der Waals surface area contributed by atoms with Crippen LogP contribution in [0.1, 0.15) is 24.5 Å². The molecule has 0 aliphatic heterocycles. The van der Waals surface area contributed by atoms with Gasteiger partial charge in [0.2, 0.25) is 0 Å². The number of hydrogen-bond donors (Lipinski definition) is 0. The average molecular weight is 822 g/mol. The first-order valence-electron chi connectivity index (χ1n) is 22.0. The minimum Gasteiger partial charge on any atom is -0.455 e. The van der Waals surface area contributed by atoms with Gasteiger partial charge in [0.05, 0.1) is 0 Å². The zero-order valence-electron chi connectivity index (χ0n) is 35.4. The van der Waals surface area contributed by atoms with Crippen molar-refractivity contribution in [1.29, 1.82) is 0 Å². The van der Waals surface area contributed by atoms with E-state index in [0.717, 1.165) is 95.2 Å². The topological polar surface area (TPSA) is 29.5 Å². The lowest BCUT2D eigenvalue weighted by Gasteiger charge is -2.30. The van der Waals surface area contributed by atoms with E-state index in [9.17, 15) is 0 Å². The lowest BCUT2D eigenvalue weighted by Crippen LogP contribution is -2.20. The van der Waals surface area contributed by atoms with Gasteiger partial charge in [-0.2, -0.15) is 0 Å². The van der Waals surface area contributed by atoms with E-state index >= 15 is 0 Å². The van der Waals surface area contributed by atoms with Crippen LogP contribution in [-0.4, -0.2) is 0 Å². The molecule has 0 bridgehead atoms. The second kappa shape index (κ2) is 15.3. The van der Waals surface area contributed by atoms with Gasteiger partial charge in [-0.25, -0.2) is 0 Å². The summed E-state index contributed by atoms with van der Waals surface area (Å²) in [5.41, 5.74) is 17.4. The van der Waals surface area contributed by atoms with Crippen molar-refractivity contribution >= 4 is 66.5 Å². The minimum atomic E-state index is -0.151. The second-order valence-corrected chi connectivity index (χ2v) is 17.1. The molecule has 64 heavy (non-hydrogen) atoms. The Morgan fingerprint density at radius 3 is 1.38 bits per heavy atom. The van der Waals surface area contributed by atoms with E-state index in [-0.39, 0.29) is 5.41 Å². The highest BCUT2D eigenvalue weighted by atomic mass is 16.3. The molecule has 12 rings (SSSR count). The number of fused-ring (bicyclic) bond motifs is 6. The minimum absolute atomic E-state index is 0.151. The van der Waals surface area contributed by atoms with Crippen LogP contribution in [0.5, 0.6) is 0 Å². The third kappa shape index (κ3) is 6.53. The lowest BCUT2D eigenvalue weighted by atomic mass is 9.75. The molecule has 3 nitrogen and oxygen atoms in total. The van der Waals surface area contributed by atoms with Gasteiger partial charge in [0.25, 0.3) is 0 Å². The van der Waals surface area contributed by atoms with E-state index in [4.69, 9.17) is 8.83 Å². The van der Waals surface area contributed by atoms with Crippen LogP contribution in [0.4, 0.5) is 17.1 Å². The largest absolute Gasteiger partial charge is 0.455 e. The van der Waals surface area contributed by atoms with Crippen molar-refractivity contribution in [2.75, 3.05) is 4.90 Å². The molecule has 11 aromatic rings. The fraction of sp³-hybridized carbons (Fsp3) is 0.0492. The smallest absolute Gasteiger partial charge is 0.143 e. The SMILES string of the molecule is CC1(c2ccc(N(c3ccc(-c4ccccc4)cc3)c3ccc(-c4ccc(-c5cccc6c5oc5ccccc56)cc4)cc3)cc2)C=CC(c2cccc3c2oc2ccccc23)=CC1. The van der Waals surface area contributed by atoms with Crippen LogP contribution in [0.3, 0.4) is 0 Å². The molecule has 3 heteroatoms. The third-order valence-electron chi connectivity index (χ3n) is 13.2. The summed E-state index contributed by atoms with van der Waals surface area (Å²) in [6.45, 7) is 2.33. The van der Waals surface area contributed by atoms with Gasteiger partial charge < -0.3 is 13.7 Å². The van der Waals surface area contributed by atoms with Crippen molar-refractivity contribution in [1.82, 2.24) is 0 Å². The maximum atomic E-state index is 6.40. The number of nitrogens with zero attached hydrogens (tertiary/aromatic N) is 1. The fourth-order valence-corrected chi connectivity index (χ4v) is 9.61. The normalized spacial score (nSPS) is 15.0. The van der Waals surface area contributed by atoms with Crippen molar-refractivity contribution in [3.8, 4) is 33.4 Å². The Hall–Kier alpha value is -8.14. The summed E-state index contributed by atoms with van der Waals surface area (Å²) in [5, 5.41) is 4.59. The Bertz CT molecular complexity index is 3550. The number of para-hydroxylation sites is 4. The van der Waals surface area contributed by atoms with E-state index in [1.807, 2.05) is 24.3 Å². The van der Waals surface area contributed by atoms with E-state index in [0.29, 0.717) is 0 Å². The first-order valence-corrected chi connectivity index (χ1v) is 22.0. The zero-order chi connectivity index (χ0) is 42.6. The van der Waals surface area contributed by atoms with Crippen molar-refractivity contribution in [3.63, 3.8) is 0 Å². The molecule has 0 saturated heterocycles. The summed E-state index contributed by atoms with van der Waals surface area (Å²) in [4.78, 5) is 2.35. The van der Waals surface area contributed by atoms with Crippen molar-refractivity contribution in [2.24, 2.45) is 0 Å². The summed E-state index contributed by atoms with van der Waals surface area (Å²) in [5.74, 6) is 0. The van der Waals surface area contributed by atoms with E-state index in [1.165, 1.54) is 22.3 Å². The maximum Gasteiger partial charge on any atom is 0.143 e. The first-order chi connectivity index (χ1) is 31.6. The summed E-state index contributed by atoms with van der Waals surface area (Å²) >= 11 is 0. The Morgan fingerprint density at radius 1 is 0.391 bits per heavy atom. The molecule has 2 aromatic heterocycles. The molecule has 0 amide bonds. The number of anilines is 3. The number of allylic oxidation sites excluding steroid dienone is 4. The average Bonchev–Trinajstić information content (AvgIpc) is 3.94. The molecule has 1 aliphatic rings. The van der Waals surface area contributed by atoms with Crippen molar-refractivity contribution < 1.29 is 8.83 Å². The molecule has 0 N–H and O–H groups in total. The van der Waals surface area contributed by atoms with E-state index < -0.39 is 0 Å². The number of furan rings is 2. The van der Waals surface area contributed by atoms with Gasteiger partial charge in [-0.05, 0) is 93.9 Å².